The van der Waals surface area contributed by atoms with Crippen LogP contribution in [0.25, 0.3) is 22.0 Å². The number of fused-ring (bicyclic) bond motifs is 1. The van der Waals surface area contributed by atoms with Crippen LogP contribution in [0, 0.1) is 0 Å². The standard InChI is InChI=1S/C23H20B3F3N4O4/c24-22(25,26)37-21-17(20(35)30-9-12-2-1-3-15(6-12)36-23(27,28)29)7-14(10-31-21)13-4-5-16-18(8-13)32-33-19(16)11-34/h1-8,10-11H,9,24-26H2,(H,30,35)(H,32,33). The number of nitrogens with zero attached hydrogens (tertiary/aromatic N) is 2. The zero-order valence-electron chi connectivity index (χ0n) is 20.1. The van der Waals surface area contributed by atoms with Crippen molar-refractivity contribution in [3.05, 3.63) is 71.5 Å². The lowest BCUT2D eigenvalue weighted by Gasteiger charge is -2.23. The van der Waals surface area contributed by atoms with Gasteiger partial charge in [0.25, 0.3) is 5.91 Å². The molecule has 0 atom stereocenters. The third kappa shape index (κ3) is 6.52. The van der Waals surface area contributed by atoms with Gasteiger partial charge >= 0.3 is 6.36 Å². The number of benzene rings is 2. The fourth-order valence-electron chi connectivity index (χ4n) is 3.58. The van der Waals surface area contributed by atoms with Gasteiger partial charge in [0.05, 0.1) is 5.52 Å². The molecule has 4 aromatic rings. The van der Waals surface area contributed by atoms with E-state index >= 15 is 0 Å². The molecule has 0 fully saturated rings. The number of aromatic amines is 1. The van der Waals surface area contributed by atoms with Gasteiger partial charge in [-0.3, -0.25) is 14.7 Å². The summed E-state index contributed by atoms with van der Waals surface area (Å²) in [6, 6.07) is 12.3. The maximum absolute atomic E-state index is 13.2. The molecule has 0 aliphatic heterocycles. The zero-order valence-corrected chi connectivity index (χ0v) is 20.1. The van der Waals surface area contributed by atoms with Crippen LogP contribution in [0.2, 0.25) is 0 Å². The molecule has 2 aromatic carbocycles. The Morgan fingerprint density at radius 1 is 1.05 bits per heavy atom. The molecule has 1 amide bonds. The van der Waals surface area contributed by atoms with E-state index in [2.05, 4.69) is 25.2 Å². The summed E-state index contributed by atoms with van der Waals surface area (Å²) in [6.45, 7) is -0.0539. The van der Waals surface area contributed by atoms with E-state index in [-0.39, 0.29) is 23.7 Å². The van der Waals surface area contributed by atoms with Crippen molar-refractivity contribution in [1.82, 2.24) is 20.5 Å². The first-order chi connectivity index (χ1) is 17.4. The monoisotopic (exact) mass is 506 g/mol. The highest BCUT2D eigenvalue weighted by Crippen LogP contribution is 2.29. The van der Waals surface area contributed by atoms with Gasteiger partial charge in [-0.15, -0.1) is 13.2 Å². The minimum Gasteiger partial charge on any atom is -0.498 e. The fraction of sp³-hybridized carbons (Fsp3) is 0.130. The molecule has 0 aliphatic carbocycles. The molecule has 2 heterocycles. The lowest BCUT2D eigenvalue weighted by Crippen LogP contribution is -2.38. The predicted molar refractivity (Wildman–Crippen MR) is 138 cm³/mol. The molecular weight excluding hydrogens is 486 g/mol. The van der Waals surface area contributed by atoms with Crippen LogP contribution in [-0.4, -0.2) is 62.6 Å². The van der Waals surface area contributed by atoms with Crippen molar-refractivity contribution >= 4 is 46.6 Å². The number of aromatic nitrogens is 3. The number of halogens is 3. The van der Waals surface area contributed by atoms with Gasteiger partial charge in [0.15, 0.2) is 6.29 Å². The van der Waals surface area contributed by atoms with Crippen molar-refractivity contribution in [2.24, 2.45) is 0 Å². The third-order valence-corrected chi connectivity index (χ3v) is 5.12. The molecule has 0 bridgehead atoms. The van der Waals surface area contributed by atoms with Gasteiger partial charge < -0.3 is 14.8 Å². The van der Waals surface area contributed by atoms with Gasteiger partial charge in [0, 0.05) is 29.0 Å². The summed E-state index contributed by atoms with van der Waals surface area (Å²) in [4.78, 5) is 28.7. The Labute approximate surface area is 212 Å². The number of hydrogen-bond acceptors (Lipinski definition) is 6. The van der Waals surface area contributed by atoms with Crippen LogP contribution in [-0.2, 0) is 6.54 Å². The Morgan fingerprint density at radius 2 is 1.84 bits per heavy atom. The van der Waals surface area contributed by atoms with Crippen molar-refractivity contribution in [3.8, 4) is 22.8 Å². The van der Waals surface area contributed by atoms with E-state index in [1.807, 2.05) is 23.5 Å². The SMILES string of the molecule is BC(B)(B)Oc1ncc(-c2ccc3c(C=O)n[nH]c3c2)cc1C(=O)NCc1cccc(OC(F)(F)F)c1. The van der Waals surface area contributed by atoms with Gasteiger partial charge in [0.2, 0.25) is 5.88 Å². The highest BCUT2D eigenvalue weighted by atomic mass is 19.4. The van der Waals surface area contributed by atoms with E-state index in [1.54, 1.807) is 36.5 Å². The maximum Gasteiger partial charge on any atom is 0.573 e. The number of rotatable bonds is 8. The minimum atomic E-state index is -4.82. The summed E-state index contributed by atoms with van der Waals surface area (Å²) in [7, 11) is 5.44. The number of H-pyrrole nitrogens is 1. The Balaban J connectivity index is 1.62. The number of aldehydes is 1. The Hall–Kier alpha value is -4.22. The average Bonchev–Trinajstić information content (AvgIpc) is 3.23. The van der Waals surface area contributed by atoms with Crippen LogP contribution in [0.5, 0.6) is 11.6 Å². The number of carbonyl (C=O) groups is 2. The quantitative estimate of drug-likeness (QED) is 0.275. The molecular formula is C23H20B3F3N4O4. The second kappa shape index (κ2) is 10.0. The molecule has 2 N–H and O–H groups in total. The topological polar surface area (TPSA) is 106 Å². The van der Waals surface area contributed by atoms with Crippen LogP contribution in [0.4, 0.5) is 13.2 Å². The van der Waals surface area contributed by atoms with Crippen molar-refractivity contribution < 1.29 is 32.2 Å². The first kappa shape index (κ1) is 25.9. The molecule has 0 aliphatic rings. The molecule has 0 radical (unpaired) electrons. The first-order valence-electron chi connectivity index (χ1n) is 11.2. The summed E-state index contributed by atoms with van der Waals surface area (Å²) in [5.41, 5.74) is 2.81. The molecule has 4 rings (SSSR count). The Kier molecular flexibility index (Phi) is 7.02. The van der Waals surface area contributed by atoms with Crippen LogP contribution in [0.3, 0.4) is 0 Å². The summed E-state index contributed by atoms with van der Waals surface area (Å²) in [5.74, 6) is -0.804. The third-order valence-electron chi connectivity index (χ3n) is 5.12. The molecule has 37 heavy (non-hydrogen) atoms. The van der Waals surface area contributed by atoms with Gasteiger partial charge in [-0.25, -0.2) is 4.98 Å². The van der Waals surface area contributed by atoms with Crippen LogP contribution < -0.4 is 14.8 Å². The summed E-state index contributed by atoms with van der Waals surface area (Å²) in [5, 5.41) is 9.48. The van der Waals surface area contributed by atoms with Crippen LogP contribution in [0.15, 0.2) is 54.7 Å². The lowest BCUT2D eigenvalue weighted by molar-refractivity contribution is -0.274. The van der Waals surface area contributed by atoms with Crippen molar-refractivity contribution in [3.63, 3.8) is 0 Å². The number of nitrogens with one attached hydrogen (secondary N) is 2. The normalized spacial score (nSPS) is 11.8. The number of amides is 1. The summed E-state index contributed by atoms with van der Waals surface area (Å²) < 4.78 is 47.4. The van der Waals surface area contributed by atoms with E-state index in [0.717, 1.165) is 5.56 Å². The molecule has 0 spiro atoms. The number of hydrogen-bond donors (Lipinski definition) is 2. The Morgan fingerprint density at radius 3 is 2.54 bits per heavy atom. The van der Waals surface area contributed by atoms with Gasteiger partial charge in [-0.1, -0.05) is 18.2 Å². The molecule has 0 unspecified atom stereocenters. The van der Waals surface area contributed by atoms with E-state index in [1.165, 1.54) is 18.2 Å². The highest BCUT2D eigenvalue weighted by Gasteiger charge is 2.31. The van der Waals surface area contributed by atoms with Crippen LogP contribution in [0.1, 0.15) is 26.4 Å². The maximum atomic E-state index is 13.2. The van der Waals surface area contributed by atoms with Crippen molar-refractivity contribution in [1.29, 1.82) is 0 Å². The summed E-state index contributed by atoms with van der Waals surface area (Å²) >= 11 is 0. The average molecular weight is 506 g/mol. The fourth-order valence-corrected chi connectivity index (χ4v) is 3.58. The van der Waals surface area contributed by atoms with Gasteiger partial charge in [-0.05, 0) is 41.5 Å². The van der Waals surface area contributed by atoms with E-state index < -0.39 is 17.6 Å². The minimum absolute atomic E-state index is 0.0539. The van der Waals surface area contributed by atoms with Gasteiger partial charge in [-0.2, -0.15) is 5.10 Å². The van der Waals surface area contributed by atoms with Crippen LogP contribution >= 0.6 is 0 Å². The molecule has 2 aromatic heterocycles. The largest absolute Gasteiger partial charge is 0.573 e. The first-order valence-corrected chi connectivity index (χ1v) is 11.2. The molecule has 186 valence electrons. The second-order valence-electron chi connectivity index (χ2n) is 9.16. The highest BCUT2D eigenvalue weighted by molar-refractivity contribution is 6.58. The van der Waals surface area contributed by atoms with E-state index in [9.17, 15) is 22.8 Å². The molecule has 0 saturated heterocycles. The lowest BCUT2D eigenvalue weighted by atomic mass is 9.52. The van der Waals surface area contributed by atoms with E-state index in [0.29, 0.717) is 34.0 Å². The van der Waals surface area contributed by atoms with E-state index in [4.69, 9.17) is 4.74 Å². The second-order valence-corrected chi connectivity index (χ2v) is 9.16. The molecule has 14 heteroatoms. The molecule has 0 saturated carbocycles. The predicted octanol–water partition coefficient (Wildman–Crippen LogP) is 1.16. The molecule has 8 nitrogen and oxygen atoms in total. The summed E-state index contributed by atoms with van der Waals surface area (Å²) in [6.07, 6.45) is -2.60. The van der Waals surface area contributed by atoms with Gasteiger partial charge in [0.1, 0.15) is 40.5 Å². The number of ether oxygens (including phenoxy) is 2. The number of carbonyl (C=O) groups excluding carboxylic acids is 2. The van der Waals surface area contributed by atoms with Crippen molar-refractivity contribution in [2.45, 2.75) is 18.2 Å². The number of alkyl halides is 3. The smallest absolute Gasteiger partial charge is 0.498 e. The van der Waals surface area contributed by atoms with Crippen molar-refractivity contribution in [2.75, 3.05) is 0 Å². The Bertz CT molecular complexity index is 1470. The number of pyridine rings is 1. The zero-order chi connectivity index (χ0) is 26.8.